The summed E-state index contributed by atoms with van der Waals surface area (Å²) >= 11 is 0. The number of nitrogens with one attached hydrogen (secondary N) is 1. The molecule has 0 bridgehead atoms. The van der Waals surface area contributed by atoms with Gasteiger partial charge in [-0.1, -0.05) is 30.3 Å². The highest BCUT2D eigenvalue weighted by molar-refractivity contribution is 5.76. The molecular weight excluding hydrogens is 428 g/mol. The highest BCUT2D eigenvalue weighted by Gasteiger charge is 2.52. The number of hydrogen-bond acceptors (Lipinski definition) is 6. The summed E-state index contributed by atoms with van der Waals surface area (Å²) in [6.07, 6.45) is 3.89. The molecule has 1 N–H and O–H groups in total. The van der Waals surface area contributed by atoms with Crippen LogP contribution in [0.25, 0.3) is 11.2 Å². The number of fused-ring (bicyclic) bond motifs is 1. The molecule has 178 valence electrons. The Labute approximate surface area is 199 Å². The first kappa shape index (κ1) is 21.4. The molecule has 4 heterocycles. The minimum Gasteiger partial charge on any atom is -0.422 e. The molecule has 0 unspecified atom stereocenters. The van der Waals surface area contributed by atoms with Crippen LogP contribution in [0.4, 0.5) is 10.8 Å². The van der Waals surface area contributed by atoms with Crippen LogP contribution in [0.5, 0.6) is 0 Å². The molecule has 1 aromatic carbocycles. The monoisotopic (exact) mass is 460 g/mol. The van der Waals surface area contributed by atoms with Crippen molar-refractivity contribution in [2.45, 2.75) is 51.4 Å². The molecule has 1 spiro atoms. The van der Waals surface area contributed by atoms with Crippen LogP contribution >= 0.6 is 0 Å². The molecule has 2 amide bonds. The number of carbonyl (C=O) groups is 1. The number of carbonyl (C=O) groups excluding carboxylic acids is 1. The summed E-state index contributed by atoms with van der Waals surface area (Å²) in [6.45, 7) is 8.87. The van der Waals surface area contributed by atoms with Gasteiger partial charge in [0.05, 0.1) is 0 Å². The van der Waals surface area contributed by atoms with Gasteiger partial charge < -0.3 is 19.5 Å². The van der Waals surface area contributed by atoms with Crippen molar-refractivity contribution >= 4 is 23.3 Å². The smallest absolute Gasteiger partial charge is 0.318 e. The summed E-state index contributed by atoms with van der Waals surface area (Å²) in [5.41, 5.74) is 3.09. The van der Waals surface area contributed by atoms with Gasteiger partial charge in [-0.05, 0) is 49.8 Å². The van der Waals surface area contributed by atoms with E-state index in [1.807, 2.05) is 17.0 Å². The van der Waals surface area contributed by atoms with Crippen molar-refractivity contribution in [3.63, 3.8) is 0 Å². The first-order valence-electron chi connectivity index (χ1n) is 12.3. The standard InChI is InChI=1S/C26H32N6O2/c1-18-13-31(25-29-23-22(34-25)9-6-10-27-23)14-19(2)32(18)24(33)28-21-11-26(12-21)16-30(17-26)15-20-7-4-3-5-8-20/h3-10,18-19,21H,11-17H2,1-2H3,(H,28,33)/t18-,19-/m1/s1. The zero-order valence-electron chi connectivity index (χ0n) is 19.9. The summed E-state index contributed by atoms with van der Waals surface area (Å²) < 4.78 is 5.91. The van der Waals surface area contributed by atoms with Crippen LogP contribution in [0, 0.1) is 5.41 Å². The van der Waals surface area contributed by atoms with E-state index in [0.29, 0.717) is 35.7 Å². The molecule has 2 saturated heterocycles. The normalized spacial score (nSPS) is 24.8. The van der Waals surface area contributed by atoms with Crippen LogP contribution in [0.3, 0.4) is 0 Å². The molecule has 3 aromatic rings. The number of aromatic nitrogens is 2. The van der Waals surface area contributed by atoms with E-state index in [-0.39, 0.29) is 24.2 Å². The van der Waals surface area contributed by atoms with E-state index in [1.165, 1.54) is 5.56 Å². The highest BCUT2D eigenvalue weighted by Crippen LogP contribution is 2.48. The van der Waals surface area contributed by atoms with Crippen molar-refractivity contribution in [1.82, 2.24) is 25.1 Å². The molecule has 2 atom stereocenters. The lowest BCUT2D eigenvalue weighted by molar-refractivity contribution is -0.0813. The fourth-order valence-corrected chi connectivity index (χ4v) is 6.22. The van der Waals surface area contributed by atoms with Gasteiger partial charge in [-0.25, -0.2) is 9.78 Å². The molecule has 34 heavy (non-hydrogen) atoms. The summed E-state index contributed by atoms with van der Waals surface area (Å²) in [6, 6.07) is 15.4. The predicted octanol–water partition coefficient (Wildman–Crippen LogP) is 3.50. The highest BCUT2D eigenvalue weighted by atomic mass is 16.4. The Morgan fingerprint density at radius 2 is 1.82 bits per heavy atom. The number of urea groups is 1. The molecule has 8 nitrogen and oxygen atoms in total. The van der Waals surface area contributed by atoms with Crippen LogP contribution in [-0.2, 0) is 6.54 Å². The van der Waals surface area contributed by atoms with Crippen LogP contribution in [0.15, 0.2) is 53.1 Å². The maximum Gasteiger partial charge on any atom is 0.318 e. The van der Waals surface area contributed by atoms with Crippen molar-refractivity contribution < 1.29 is 9.21 Å². The summed E-state index contributed by atoms with van der Waals surface area (Å²) in [4.78, 5) is 28.6. The fourth-order valence-electron chi connectivity index (χ4n) is 6.22. The molecule has 1 saturated carbocycles. The SMILES string of the molecule is C[C@@H]1CN(c2nc3ncccc3o2)C[C@@H](C)N1C(=O)NC1CC2(C1)CN(Cc1ccccc1)C2. The number of nitrogens with zero attached hydrogens (tertiary/aromatic N) is 5. The van der Waals surface area contributed by atoms with Gasteiger partial charge in [-0.2, -0.15) is 4.98 Å². The molecular formula is C26H32N6O2. The van der Waals surface area contributed by atoms with Crippen molar-refractivity contribution in [2.24, 2.45) is 5.41 Å². The van der Waals surface area contributed by atoms with E-state index < -0.39 is 0 Å². The zero-order chi connectivity index (χ0) is 23.3. The van der Waals surface area contributed by atoms with Crippen molar-refractivity contribution in [3.05, 3.63) is 54.2 Å². The number of rotatable bonds is 4. The van der Waals surface area contributed by atoms with Crippen LogP contribution in [0.2, 0.25) is 0 Å². The molecule has 3 fully saturated rings. The van der Waals surface area contributed by atoms with Gasteiger partial charge >= 0.3 is 6.03 Å². The number of piperazine rings is 1. The van der Waals surface area contributed by atoms with E-state index in [2.05, 4.69) is 69.3 Å². The molecule has 0 radical (unpaired) electrons. The van der Waals surface area contributed by atoms with Crippen LogP contribution < -0.4 is 10.2 Å². The average Bonchev–Trinajstić information content (AvgIpc) is 3.21. The number of pyridine rings is 1. The Balaban J connectivity index is 1.00. The van der Waals surface area contributed by atoms with Gasteiger partial charge in [0.2, 0.25) is 5.65 Å². The van der Waals surface area contributed by atoms with E-state index in [4.69, 9.17) is 4.42 Å². The van der Waals surface area contributed by atoms with Gasteiger partial charge in [0, 0.05) is 57.0 Å². The zero-order valence-corrected chi connectivity index (χ0v) is 19.9. The maximum atomic E-state index is 13.2. The Bertz CT molecular complexity index is 1120. The lowest BCUT2D eigenvalue weighted by atomic mass is 9.60. The van der Waals surface area contributed by atoms with E-state index in [0.717, 1.165) is 32.5 Å². The molecule has 8 heteroatoms. The molecule has 2 aromatic heterocycles. The third-order valence-corrected chi connectivity index (χ3v) is 7.63. The first-order valence-corrected chi connectivity index (χ1v) is 12.3. The Morgan fingerprint density at radius 3 is 2.53 bits per heavy atom. The van der Waals surface area contributed by atoms with E-state index in [1.54, 1.807) is 6.20 Å². The van der Waals surface area contributed by atoms with Gasteiger partial charge in [-0.15, -0.1) is 0 Å². The lowest BCUT2D eigenvalue weighted by Crippen LogP contribution is -2.68. The first-order chi connectivity index (χ1) is 16.5. The second-order valence-corrected chi connectivity index (χ2v) is 10.5. The number of likely N-dealkylation sites (tertiary alicyclic amines) is 1. The van der Waals surface area contributed by atoms with Crippen LogP contribution in [-0.4, -0.2) is 70.1 Å². The fraction of sp³-hybridized carbons (Fsp3) is 0.500. The Kier molecular flexibility index (Phi) is 5.21. The third-order valence-electron chi connectivity index (χ3n) is 7.63. The average molecular weight is 461 g/mol. The Hall–Kier alpha value is -3.13. The summed E-state index contributed by atoms with van der Waals surface area (Å²) in [5.74, 6) is 0. The Morgan fingerprint density at radius 1 is 1.09 bits per heavy atom. The van der Waals surface area contributed by atoms with Gasteiger partial charge in [0.25, 0.3) is 6.01 Å². The third kappa shape index (κ3) is 3.90. The summed E-state index contributed by atoms with van der Waals surface area (Å²) in [5, 5.41) is 3.31. The second kappa shape index (κ2) is 8.27. The number of anilines is 1. The van der Waals surface area contributed by atoms with Gasteiger partial charge in [-0.3, -0.25) is 4.90 Å². The molecule has 6 rings (SSSR count). The van der Waals surface area contributed by atoms with Crippen molar-refractivity contribution in [2.75, 3.05) is 31.1 Å². The minimum absolute atomic E-state index is 0.0548. The molecule has 3 aliphatic rings. The quantitative estimate of drug-likeness (QED) is 0.642. The minimum atomic E-state index is 0.0548. The number of oxazole rings is 1. The van der Waals surface area contributed by atoms with Crippen molar-refractivity contribution in [1.29, 1.82) is 0 Å². The maximum absolute atomic E-state index is 13.2. The van der Waals surface area contributed by atoms with Gasteiger partial charge in [0.1, 0.15) is 0 Å². The summed E-state index contributed by atoms with van der Waals surface area (Å²) in [7, 11) is 0. The van der Waals surface area contributed by atoms with E-state index >= 15 is 0 Å². The number of amides is 2. The van der Waals surface area contributed by atoms with E-state index in [9.17, 15) is 4.79 Å². The second-order valence-electron chi connectivity index (χ2n) is 10.5. The largest absolute Gasteiger partial charge is 0.422 e. The predicted molar refractivity (Wildman–Crippen MR) is 130 cm³/mol. The molecule has 1 aliphatic carbocycles. The topological polar surface area (TPSA) is 77.7 Å². The number of benzene rings is 1. The number of hydrogen-bond donors (Lipinski definition) is 1. The van der Waals surface area contributed by atoms with Crippen molar-refractivity contribution in [3.8, 4) is 0 Å². The van der Waals surface area contributed by atoms with Gasteiger partial charge in [0.15, 0.2) is 5.58 Å². The lowest BCUT2D eigenvalue weighted by Gasteiger charge is -2.59. The molecule has 2 aliphatic heterocycles. The van der Waals surface area contributed by atoms with Crippen LogP contribution in [0.1, 0.15) is 32.3 Å².